The smallest absolute Gasteiger partial charge is 0.336 e. The molecule has 4 rings (SSSR count). The number of nitrogens with zero attached hydrogens (tertiary/aromatic N) is 6. The molecule has 0 saturated heterocycles. The maximum Gasteiger partial charge on any atom is 0.336 e. The second-order valence-corrected chi connectivity index (χ2v) is 7.59. The molecule has 0 amide bonds. The predicted octanol–water partition coefficient (Wildman–Crippen LogP) is 4.55. The number of benzene rings is 2. The first-order chi connectivity index (χ1) is 19.8. The molecule has 0 fully saturated rings. The van der Waals surface area contributed by atoms with Crippen molar-refractivity contribution in [3.8, 4) is 11.1 Å². The number of carboxylic acids is 2. The summed E-state index contributed by atoms with van der Waals surface area (Å²) in [5.74, 6) is -2.91. The van der Waals surface area contributed by atoms with Crippen LogP contribution in [0.15, 0.2) is 85.5 Å². The summed E-state index contributed by atoms with van der Waals surface area (Å²) in [4.78, 5) is 66.7. The molecule has 2 N–H and O–H groups in total. The van der Waals surface area contributed by atoms with Crippen LogP contribution < -0.4 is 0 Å². The fraction of sp³-hybridized carbons (Fsp3) is 0. The molecule has 0 unspecified atom stereocenters. The number of aromatic nitrogens is 2. The Bertz CT molecular complexity index is 1370. The molecule has 0 spiro atoms. The van der Waals surface area contributed by atoms with Crippen molar-refractivity contribution < 1.29 is 39.5 Å². The molecule has 0 atom stereocenters. The molecule has 0 radical (unpaired) electrons. The van der Waals surface area contributed by atoms with Crippen LogP contribution in [0.4, 0.5) is 22.7 Å². The van der Waals surface area contributed by atoms with Gasteiger partial charge in [-0.05, 0) is 35.4 Å². The maximum absolute atomic E-state index is 10.5. The average molecular weight is 580 g/mol. The van der Waals surface area contributed by atoms with Crippen LogP contribution in [0.5, 0.6) is 0 Å². The number of hydrogen-bond donors (Lipinski definition) is 2. The van der Waals surface area contributed by atoms with Crippen molar-refractivity contribution in [2.45, 2.75) is 0 Å². The topological polar surface area (TPSA) is 273 Å². The molecule has 18 heteroatoms. The lowest BCUT2D eigenvalue weighted by molar-refractivity contribution is -0.394. The molecule has 214 valence electrons. The van der Waals surface area contributed by atoms with Gasteiger partial charge in [-0.2, -0.15) is 0 Å². The molecule has 2 aromatic carbocycles. The van der Waals surface area contributed by atoms with E-state index >= 15 is 0 Å². The molecular formula is C24H16N6O12. The van der Waals surface area contributed by atoms with Gasteiger partial charge in [-0.1, -0.05) is 0 Å². The van der Waals surface area contributed by atoms with E-state index in [1.165, 1.54) is 11.1 Å². The normalized spacial score (nSPS) is 9.62. The van der Waals surface area contributed by atoms with Crippen LogP contribution in [0, 0.1) is 40.5 Å². The average Bonchev–Trinajstić information content (AvgIpc) is 2.98. The van der Waals surface area contributed by atoms with Crippen LogP contribution in [0.25, 0.3) is 11.1 Å². The van der Waals surface area contributed by atoms with Gasteiger partial charge >= 0.3 is 11.9 Å². The van der Waals surface area contributed by atoms with Crippen LogP contribution in [-0.4, -0.2) is 51.8 Å². The van der Waals surface area contributed by atoms with Crippen molar-refractivity contribution in [2.24, 2.45) is 0 Å². The standard InChI is InChI=1S/C10H8N2.2C7H4N2O6/c1-5-11-6-2-9(1)10-3-7-12-8-4-10;2*10-7(11)4-1-5(8(12)13)3-6(2-4)9(14)15/h1-8H;2*1-3H,(H,10,11). The molecule has 2 heterocycles. The highest BCUT2D eigenvalue weighted by Crippen LogP contribution is 2.23. The molecule has 2 aromatic heterocycles. The number of aromatic carboxylic acids is 2. The second kappa shape index (κ2) is 14.4. The third-order valence-corrected chi connectivity index (χ3v) is 4.84. The van der Waals surface area contributed by atoms with Gasteiger partial charge in [0.15, 0.2) is 0 Å². The Morgan fingerprint density at radius 1 is 0.500 bits per heavy atom. The van der Waals surface area contributed by atoms with Crippen LogP contribution in [-0.2, 0) is 0 Å². The highest BCUT2D eigenvalue weighted by Gasteiger charge is 2.20. The van der Waals surface area contributed by atoms with Crippen LogP contribution in [0.2, 0.25) is 0 Å². The van der Waals surface area contributed by atoms with E-state index in [4.69, 9.17) is 10.2 Å². The molecule has 42 heavy (non-hydrogen) atoms. The fourth-order valence-corrected chi connectivity index (χ4v) is 2.95. The lowest BCUT2D eigenvalue weighted by atomic mass is 10.1. The third-order valence-electron chi connectivity index (χ3n) is 4.84. The fourth-order valence-electron chi connectivity index (χ4n) is 2.95. The molecule has 0 aliphatic carbocycles. The van der Waals surface area contributed by atoms with Gasteiger partial charge in [-0.25, -0.2) is 9.59 Å². The number of nitro benzene ring substituents is 4. The number of carboxylic acid groups (broad SMARTS) is 2. The number of pyridine rings is 2. The Hall–Kier alpha value is -6.72. The van der Waals surface area contributed by atoms with Crippen molar-refractivity contribution in [3.05, 3.63) is 137 Å². The third kappa shape index (κ3) is 9.23. The molecule has 4 aromatic rings. The van der Waals surface area contributed by atoms with Crippen molar-refractivity contribution in [3.63, 3.8) is 0 Å². The lowest BCUT2D eigenvalue weighted by Gasteiger charge is -1.97. The molecule has 0 aliphatic heterocycles. The predicted molar refractivity (Wildman–Crippen MR) is 141 cm³/mol. The zero-order valence-corrected chi connectivity index (χ0v) is 20.7. The summed E-state index contributed by atoms with van der Waals surface area (Å²) in [5.41, 5.74) is -1.13. The van der Waals surface area contributed by atoms with Crippen LogP contribution in [0.3, 0.4) is 0 Å². The summed E-state index contributed by atoms with van der Waals surface area (Å²) < 4.78 is 0. The molecule has 0 saturated carbocycles. The number of nitro groups is 4. The van der Waals surface area contributed by atoms with Crippen molar-refractivity contribution in [2.75, 3.05) is 0 Å². The van der Waals surface area contributed by atoms with Gasteiger partial charge in [0.25, 0.3) is 22.7 Å². The summed E-state index contributed by atoms with van der Waals surface area (Å²) in [6.07, 6.45) is 7.15. The van der Waals surface area contributed by atoms with Gasteiger partial charge in [0.05, 0.1) is 43.0 Å². The van der Waals surface area contributed by atoms with E-state index in [9.17, 15) is 50.0 Å². The van der Waals surface area contributed by atoms with Gasteiger partial charge in [0.1, 0.15) is 0 Å². The zero-order chi connectivity index (χ0) is 31.4. The van der Waals surface area contributed by atoms with Gasteiger partial charge in [-0.15, -0.1) is 0 Å². The summed E-state index contributed by atoms with van der Waals surface area (Å²) in [6, 6.07) is 12.4. The summed E-state index contributed by atoms with van der Waals surface area (Å²) in [7, 11) is 0. The van der Waals surface area contributed by atoms with Gasteiger partial charge in [0.2, 0.25) is 0 Å². The number of rotatable bonds is 7. The summed E-state index contributed by atoms with van der Waals surface area (Å²) in [5, 5.41) is 58.5. The van der Waals surface area contributed by atoms with Gasteiger partial charge in [0, 0.05) is 49.1 Å². The molecule has 0 bridgehead atoms. The first kappa shape index (κ1) is 31.5. The minimum Gasteiger partial charge on any atom is -0.478 e. The van der Waals surface area contributed by atoms with E-state index in [1.807, 2.05) is 24.3 Å². The first-order valence-corrected chi connectivity index (χ1v) is 10.9. The van der Waals surface area contributed by atoms with Crippen molar-refractivity contribution in [1.29, 1.82) is 0 Å². The Kier molecular flexibility index (Phi) is 10.8. The van der Waals surface area contributed by atoms with E-state index in [2.05, 4.69) is 9.97 Å². The van der Waals surface area contributed by atoms with E-state index in [-0.39, 0.29) is 0 Å². The van der Waals surface area contributed by atoms with Crippen LogP contribution in [0.1, 0.15) is 20.7 Å². The number of carbonyl (C=O) groups is 2. The first-order valence-electron chi connectivity index (χ1n) is 10.9. The maximum atomic E-state index is 10.5. The SMILES string of the molecule is O=C(O)c1cc([N+](=O)[O-])cc([N+](=O)[O-])c1.O=C(O)c1cc([N+](=O)[O-])cc([N+](=O)[O-])c1.c1cc(-c2ccncc2)ccn1. The van der Waals surface area contributed by atoms with Gasteiger partial charge < -0.3 is 10.2 Å². The van der Waals surface area contributed by atoms with E-state index in [0.717, 1.165) is 24.3 Å². The Morgan fingerprint density at radius 2 is 0.738 bits per heavy atom. The lowest BCUT2D eigenvalue weighted by Crippen LogP contribution is -2.00. The summed E-state index contributed by atoms with van der Waals surface area (Å²) in [6.45, 7) is 0. The van der Waals surface area contributed by atoms with Gasteiger partial charge in [-0.3, -0.25) is 50.4 Å². The van der Waals surface area contributed by atoms with E-state index in [1.54, 1.807) is 24.8 Å². The van der Waals surface area contributed by atoms with Crippen molar-refractivity contribution in [1.82, 2.24) is 9.97 Å². The summed E-state index contributed by atoms with van der Waals surface area (Å²) >= 11 is 0. The number of non-ortho nitro benzene ring substituents is 4. The molecule has 0 aliphatic rings. The monoisotopic (exact) mass is 580 g/mol. The zero-order valence-electron chi connectivity index (χ0n) is 20.7. The number of hydrogen-bond acceptors (Lipinski definition) is 12. The minimum atomic E-state index is -1.46. The minimum absolute atomic E-state index is 0.490. The highest BCUT2D eigenvalue weighted by atomic mass is 16.6. The molecular weight excluding hydrogens is 564 g/mol. The largest absolute Gasteiger partial charge is 0.478 e. The second-order valence-electron chi connectivity index (χ2n) is 7.59. The Labute approximate surface area is 232 Å². The quantitative estimate of drug-likeness (QED) is 0.224. The Balaban J connectivity index is 0.000000221. The highest BCUT2D eigenvalue weighted by molar-refractivity contribution is 5.90. The van der Waals surface area contributed by atoms with Crippen LogP contribution >= 0.6 is 0 Å². The Morgan fingerprint density at radius 3 is 0.929 bits per heavy atom. The van der Waals surface area contributed by atoms with E-state index < -0.39 is 65.5 Å². The van der Waals surface area contributed by atoms with E-state index in [0.29, 0.717) is 12.1 Å². The van der Waals surface area contributed by atoms with Crippen molar-refractivity contribution >= 4 is 34.7 Å². The molecule has 18 nitrogen and oxygen atoms in total.